The van der Waals surface area contributed by atoms with Crippen LogP contribution in [-0.4, -0.2) is 72.4 Å². The molecule has 1 aliphatic heterocycles. The summed E-state index contributed by atoms with van der Waals surface area (Å²) in [4.78, 5) is 16.2. The Kier molecular flexibility index (Phi) is 7.90. The monoisotopic (exact) mass is 416 g/mol. The highest BCUT2D eigenvalue weighted by atomic mass is 35.5. The van der Waals surface area contributed by atoms with E-state index in [2.05, 4.69) is 11.5 Å². The number of rotatable bonds is 5. The van der Waals surface area contributed by atoms with E-state index in [0.29, 0.717) is 17.8 Å². The van der Waals surface area contributed by atoms with Gasteiger partial charge in [0.2, 0.25) is 5.91 Å². The minimum Gasteiger partial charge on any atom is -0.381 e. The van der Waals surface area contributed by atoms with Crippen molar-refractivity contribution in [1.29, 1.82) is 0 Å². The van der Waals surface area contributed by atoms with Gasteiger partial charge in [0.1, 0.15) is 0 Å². The third-order valence-corrected chi connectivity index (χ3v) is 8.00. The Bertz CT molecular complexity index is 510. The number of amides is 1. The van der Waals surface area contributed by atoms with Gasteiger partial charge in [-0.15, -0.1) is 23.2 Å². The molecule has 3 aliphatic rings. The number of carbonyl (C=O) groups excluding carboxylic acids is 1. The average molecular weight is 417 g/mol. The molecule has 1 saturated heterocycles. The van der Waals surface area contributed by atoms with Gasteiger partial charge in [0, 0.05) is 50.6 Å². The topological polar surface area (TPSA) is 32.8 Å². The van der Waals surface area contributed by atoms with Crippen LogP contribution in [0, 0.1) is 17.8 Å². The molecule has 0 aromatic rings. The average Bonchev–Trinajstić information content (AvgIpc) is 2.69. The number of hydrogen-bond acceptors (Lipinski definition) is 3. The van der Waals surface area contributed by atoms with Crippen molar-refractivity contribution in [2.75, 3.05) is 39.8 Å². The predicted molar refractivity (Wildman–Crippen MR) is 111 cm³/mol. The molecular formula is C21H34Cl2N2O2. The van der Waals surface area contributed by atoms with E-state index in [-0.39, 0.29) is 22.8 Å². The Morgan fingerprint density at radius 3 is 2.41 bits per heavy atom. The van der Waals surface area contributed by atoms with Crippen molar-refractivity contribution < 1.29 is 9.53 Å². The molecule has 0 aromatic carbocycles. The van der Waals surface area contributed by atoms with Crippen LogP contribution in [0.1, 0.15) is 38.5 Å². The summed E-state index contributed by atoms with van der Waals surface area (Å²) in [5.74, 6) is 1.57. The molecule has 3 fully saturated rings. The summed E-state index contributed by atoms with van der Waals surface area (Å²) in [6.45, 7) is 8.01. The second kappa shape index (κ2) is 9.96. The van der Waals surface area contributed by atoms with E-state index in [0.717, 1.165) is 52.0 Å². The summed E-state index contributed by atoms with van der Waals surface area (Å²) in [5, 5.41) is 0.441. The maximum Gasteiger partial charge on any atom is 0.246 e. The van der Waals surface area contributed by atoms with Crippen LogP contribution in [0.2, 0.25) is 0 Å². The molecular weight excluding hydrogens is 383 g/mol. The molecule has 27 heavy (non-hydrogen) atoms. The van der Waals surface area contributed by atoms with Crippen LogP contribution >= 0.6 is 23.2 Å². The highest BCUT2D eigenvalue weighted by Crippen LogP contribution is 2.45. The molecule has 0 N–H and O–H groups in total. The summed E-state index contributed by atoms with van der Waals surface area (Å²) in [6, 6.07) is 0. The van der Waals surface area contributed by atoms with E-state index in [1.54, 1.807) is 0 Å². The van der Waals surface area contributed by atoms with Gasteiger partial charge in [-0.25, -0.2) is 0 Å². The lowest BCUT2D eigenvalue weighted by Crippen LogP contribution is -2.52. The summed E-state index contributed by atoms with van der Waals surface area (Å²) in [5.41, 5.74) is 0. The highest BCUT2D eigenvalue weighted by molar-refractivity contribution is 6.22. The Balaban J connectivity index is 1.59. The first-order chi connectivity index (χ1) is 13.0. The van der Waals surface area contributed by atoms with Gasteiger partial charge in [-0.2, -0.15) is 0 Å². The normalized spacial score (nSPS) is 38.6. The first-order valence-corrected chi connectivity index (χ1v) is 11.4. The lowest BCUT2D eigenvalue weighted by Gasteiger charge is -2.46. The zero-order valence-electron chi connectivity index (χ0n) is 16.5. The van der Waals surface area contributed by atoms with Crippen LogP contribution in [0.3, 0.4) is 0 Å². The Hall–Kier alpha value is -0.290. The van der Waals surface area contributed by atoms with Crippen molar-refractivity contribution in [2.45, 2.75) is 55.4 Å². The van der Waals surface area contributed by atoms with Gasteiger partial charge in [-0.05, 0) is 49.5 Å². The van der Waals surface area contributed by atoms with Crippen LogP contribution < -0.4 is 0 Å². The van der Waals surface area contributed by atoms with Gasteiger partial charge in [-0.1, -0.05) is 19.4 Å². The van der Waals surface area contributed by atoms with E-state index in [1.807, 2.05) is 12.0 Å². The van der Waals surface area contributed by atoms with E-state index in [9.17, 15) is 4.79 Å². The summed E-state index contributed by atoms with van der Waals surface area (Å²) in [6.07, 6.45) is 8.53. The standard InChI is InChI=1S/C21H34Cl2N2O2/c1-3-21(26)25-10-8-24(9-11-25)14-15-12-17(19(23)13-20(15)27-2)16-6-4-5-7-18(16)22/h3,15-20H,1,4-14H2,2H3. The van der Waals surface area contributed by atoms with Gasteiger partial charge in [-0.3, -0.25) is 9.69 Å². The number of halogens is 2. The summed E-state index contributed by atoms with van der Waals surface area (Å²) >= 11 is 13.5. The maximum atomic E-state index is 11.8. The Morgan fingerprint density at radius 1 is 1.07 bits per heavy atom. The first kappa shape index (κ1) is 21.4. The second-order valence-corrected chi connectivity index (χ2v) is 9.60. The fraction of sp³-hybridized carbons (Fsp3) is 0.857. The van der Waals surface area contributed by atoms with Gasteiger partial charge in [0.15, 0.2) is 0 Å². The van der Waals surface area contributed by atoms with Crippen molar-refractivity contribution in [2.24, 2.45) is 17.8 Å². The van der Waals surface area contributed by atoms with Crippen LogP contribution in [-0.2, 0) is 9.53 Å². The van der Waals surface area contributed by atoms with E-state index in [1.165, 1.54) is 25.3 Å². The van der Waals surface area contributed by atoms with E-state index < -0.39 is 0 Å². The van der Waals surface area contributed by atoms with Crippen LogP contribution in [0.4, 0.5) is 0 Å². The predicted octanol–water partition coefficient (Wildman–Crippen LogP) is 3.76. The third kappa shape index (κ3) is 5.20. The number of nitrogens with zero attached hydrogens (tertiary/aromatic N) is 2. The minimum absolute atomic E-state index is 0.0394. The molecule has 2 saturated carbocycles. The SMILES string of the molecule is C=CC(=O)N1CCN(CC2CC(C3CCCCC3Cl)C(Cl)CC2OC)CC1. The molecule has 0 spiro atoms. The number of carbonyl (C=O) groups is 1. The van der Waals surface area contributed by atoms with Gasteiger partial charge < -0.3 is 9.64 Å². The zero-order valence-corrected chi connectivity index (χ0v) is 18.0. The van der Waals surface area contributed by atoms with Gasteiger partial charge in [0.25, 0.3) is 0 Å². The van der Waals surface area contributed by atoms with Crippen molar-refractivity contribution in [3.05, 3.63) is 12.7 Å². The quantitative estimate of drug-likeness (QED) is 0.505. The smallest absolute Gasteiger partial charge is 0.246 e. The summed E-state index contributed by atoms with van der Waals surface area (Å²) < 4.78 is 5.83. The lowest BCUT2D eigenvalue weighted by molar-refractivity contribution is -0.128. The number of methoxy groups -OCH3 is 1. The van der Waals surface area contributed by atoms with Crippen LogP contribution in [0.5, 0.6) is 0 Å². The Labute approximate surface area is 174 Å². The largest absolute Gasteiger partial charge is 0.381 e. The Morgan fingerprint density at radius 2 is 1.78 bits per heavy atom. The van der Waals surface area contributed by atoms with Crippen molar-refractivity contribution in [3.8, 4) is 0 Å². The summed E-state index contributed by atoms with van der Waals surface area (Å²) in [7, 11) is 1.81. The molecule has 6 atom stereocenters. The van der Waals surface area contributed by atoms with Gasteiger partial charge in [0.05, 0.1) is 6.10 Å². The molecule has 0 aromatic heterocycles. The number of ether oxygens (including phenoxy) is 1. The fourth-order valence-electron chi connectivity index (χ4n) is 5.37. The third-order valence-electron chi connectivity index (χ3n) is 6.96. The number of alkyl halides is 2. The molecule has 6 unspecified atom stereocenters. The van der Waals surface area contributed by atoms with Crippen LogP contribution in [0.25, 0.3) is 0 Å². The second-order valence-electron chi connectivity index (χ2n) is 8.48. The molecule has 154 valence electrons. The number of hydrogen-bond donors (Lipinski definition) is 0. The van der Waals surface area contributed by atoms with E-state index in [4.69, 9.17) is 27.9 Å². The van der Waals surface area contributed by atoms with Crippen molar-refractivity contribution in [1.82, 2.24) is 9.80 Å². The van der Waals surface area contributed by atoms with Crippen molar-refractivity contribution >= 4 is 29.1 Å². The molecule has 0 radical (unpaired) electrons. The fourth-order valence-corrected chi connectivity index (χ4v) is 6.30. The first-order valence-electron chi connectivity index (χ1n) is 10.5. The molecule has 2 aliphatic carbocycles. The number of piperazine rings is 1. The molecule has 1 amide bonds. The minimum atomic E-state index is 0.0394. The van der Waals surface area contributed by atoms with Crippen LogP contribution in [0.15, 0.2) is 12.7 Å². The maximum absolute atomic E-state index is 11.8. The zero-order chi connectivity index (χ0) is 19.4. The molecule has 3 rings (SSSR count). The lowest BCUT2D eigenvalue weighted by atomic mass is 9.69. The molecule has 4 nitrogen and oxygen atoms in total. The molecule has 1 heterocycles. The highest BCUT2D eigenvalue weighted by Gasteiger charge is 2.43. The molecule has 6 heteroatoms. The van der Waals surface area contributed by atoms with E-state index >= 15 is 0 Å². The van der Waals surface area contributed by atoms with Crippen molar-refractivity contribution in [3.63, 3.8) is 0 Å². The molecule has 0 bridgehead atoms. The van der Waals surface area contributed by atoms with Gasteiger partial charge >= 0.3 is 0 Å².